The summed E-state index contributed by atoms with van der Waals surface area (Å²) in [6.07, 6.45) is 1.23. The van der Waals surface area contributed by atoms with Gasteiger partial charge in [0.25, 0.3) is 0 Å². The summed E-state index contributed by atoms with van der Waals surface area (Å²) < 4.78 is 1.94. The summed E-state index contributed by atoms with van der Waals surface area (Å²) in [5.41, 5.74) is 2.35. The van der Waals surface area contributed by atoms with E-state index in [1.54, 1.807) is 0 Å². The molecule has 1 N–H and O–H groups in total. The highest BCUT2D eigenvalue weighted by Gasteiger charge is 2.02. The molecule has 0 saturated carbocycles. The molecule has 3 heteroatoms. The molecule has 0 aliphatic heterocycles. The molecule has 0 amide bonds. The number of hydrogen-bond acceptors (Lipinski definition) is 2. The zero-order valence-corrected chi connectivity index (χ0v) is 9.67. The highest BCUT2D eigenvalue weighted by molar-refractivity contribution is 5.08. The van der Waals surface area contributed by atoms with Crippen LogP contribution in [-0.2, 0) is 13.6 Å². The van der Waals surface area contributed by atoms with Crippen LogP contribution in [0.4, 0.5) is 0 Å². The van der Waals surface area contributed by atoms with Crippen molar-refractivity contribution in [2.75, 3.05) is 6.54 Å². The van der Waals surface area contributed by atoms with Gasteiger partial charge in [-0.1, -0.05) is 20.3 Å². The first-order valence-corrected chi connectivity index (χ1v) is 5.33. The first kappa shape index (κ1) is 11.2. The fourth-order valence-electron chi connectivity index (χ4n) is 1.42. The van der Waals surface area contributed by atoms with Gasteiger partial charge in [0, 0.05) is 13.6 Å². The lowest BCUT2D eigenvalue weighted by Crippen LogP contribution is -2.21. The summed E-state index contributed by atoms with van der Waals surface area (Å²) in [6, 6.07) is 2.13. The highest BCUT2D eigenvalue weighted by atomic mass is 15.3. The molecule has 1 atom stereocenters. The topological polar surface area (TPSA) is 29.9 Å². The molecule has 1 rings (SSSR count). The molecule has 0 saturated heterocycles. The maximum atomic E-state index is 4.31. The SMILES string of the molecule is CCC(C)CNCc1cc(C)nn1C. The zero-order valence-electron chi connectivity index (χ0n) is 9.67. The largest absolute Gasteiger partial charge is 0.311 e. The van der Waals surface area contributed by atoms with E-state index >= 15 is 0 Å². The molecule has 0 fully saturated rings. The Morgan fingerprint density at radius 3 is 2.79 bits per heavy atom. The van der Waals surface area contributed by atoms with Crippen LogP contribution in [0.15, 0.2) is 6.07 Å². The van der Waals surface area contributed by atoms with Gasteiger partial charge < -0.3 is 5.32 Å². The molecule has 1 unspecified atom stereocenters. The van der Waals surface area contributed by atoms with Crippen molar-refractivity contribution in [3.63, 3.8) is 0 Å². The monoisotopic (exact) mass is 195 g/mol. The molecule has 1 aromatic rings. The molecule has 0 aliphatic carbocycles. The fourth-order valence-corrected chi connectivity index (χ4v) is 1.42. The van der Waals surface area contributed by atoms with Crippen LogP contribution in [0.25, 0.3) is 0 Å². The van der Waals surface area contributed by atoms with Gasteiger partial charge in [-0.05, 0) is 25.5 Å². The number of hydrogen-bond donors (Lipinski definition) is 1. The molecule has 80 valence electrons. The van der Waals surface area contributed by atoms with E-state index in [1.807, 2.05) is 18.7 Å². The van der Waals surface area contributed by atoms with Crippen LogP contribution in [0.1, 0.15) is 31.7 Å². The van der Waals surface area contributed by atoms with E-state index in [1.165, 1.54) is 12.1 Å². The van der Waals surface area contributed by atoms with Gasteiger partial charge in [-0.15, -0.1) is 0 Å². The number of aromatic nitrogens is 2. The predicted octanol–water partition coefficient (Wildman–Crippen LogP) is 1.86. The van der Waals surface area contributed by atoms with E-state index in [4.69, 9.17) is 0 Å². The second-order valence-electron chi connectivity index (χ2n) is 4.04. The summed E-state index contributed by atoms with van der Waals surface area (Å²) in [5, 5.41) is 7.75. The van der Waals surface area contributed by atoms with Crippen LogP contribution >= 0.6 is 0 Å². The van der Waals surface area contributed by atoms with Crippen molar-refractivity contribution in [2.24, 2.45) is 13.0 Å². The Bertz CT molecular complexity index is 278. The average molecular weight is 195 g/mol. The first-order chi connectivity index (χ1) is 6.63. The first-order valence-electron chi connectivity index (χ1n) is 5.33. The molecule has 1 heterocycles. The van der Waals surface area contributed by atoms with Crippen molar-refractivity contribution in [3.05, 3.63) is 17.5 Å². The third kappa shape index (κ3) is 3.14. The summed E-state index contributed by atoms with van der Waals surface area (Å²) in [5.74, 6) is 0.754. The maximum absolute atomic E-state index is 4.31. The van der Waals surface area contributed by atoms with Crippen LogP contribution in [0.5, 0.6) is 0 Å². The van der Waals surface area contributed by atoms with Gasteiger partial charge in [0.2, 0.25) is 0 Å². The Balaban J connectivity index is 2.34. The highest BCUT2D eigenvalue weighted by Crippen LogP contribution is 2.02. The van der Waals surface area contributed by atoms with Gasteiger partial charge in [0.15, 0.2) is 0 Å². The molecule has 1 aromatic heterocycles. The molecule has 3 nitrogen and oxygen atoms in total. The van der Waals surface area contributed by atoms with Crippen molar-refractivity contribution in [1.82, 2.24) is 15.1 Å². The second kappa shape index (κ2) is 5.15. The molecule has 0 spiro atoms. The Morgan fingerprint density at radius 1 is 1.57 bits per heavy atom. The average Bonchev–Trinajstić information content (AvgIpc) is 2.45. The Hall–Kier alpha value is -0.830. The van der Waals surface area contributed by atoms with Crippen molar-refractivity contribution < 1.29 is 0 Å². The van der Waals surface area contributed by atoms with Crippen molar-refractivity contribution >= 4 is 0 Å². The molecule has 0 aliphatic rings. The summed E-state index contributed by atoms with van der Waals surface area (Å²) in [7, 11) is 1.99. The third-order valence-corrected chi connectivity index (χ3v) is 2.59. The van der Waals surface area contributed by atoms with Crippen molar-refractivity contribution in [3.8, 4) is 0 Å². The number of aryl methyl sites for hydroxylation is 2. The molecule has 0 bridgehead atoms. The standard InChI is InChI=1S/C11H21N3/c1-5-9(2)7-12-8-11-6-10(3)13-14(11)4/h6,9,12H,5,7-8H2,1-4H3. The minimum absolute atomic E-state index is 0.754. The van der Waals surface area contributed by atoms with Crippen LogP contribution in [-0.4, -0.2) is 16.3 Å². The van der Waals surface area contributed by atoms with E-state index in [9.17, 15) is 0 Å². The van der Waals surface area contributed by atoms with Crippen LogP contribution < -0.4 is 5.32 Å². The van der Waals surface area contributed by atoms with Gasteiger partial charge in [0.1, 0.15) is 0 Å². The van der Waals surface area contributed by atoms with Gasteiger partial charge in [0.05, 0.1) is 11.4 Å². The second-order valence-corrected chi connectivity index (χ2v) is 4.04. The van der Waals surface area contributed by atoms with E-state index < -0.39 is 0 Å². The molecule has 14 heavy (non-hydrogen) atoms. The van der Waals surface area contributed by atoms with Gasteiger partial charge >= 0.3 is 0 Å². The molecular weight excluding hydrogens is 174 g/mol. The van der Waals surface area contributed by atoms with E-state index in [2.05, 4.69) is 30.3 Å². The Kier molecular flexibility index (Phi) is 4.14. The molecular formula is C11H21N3. The van der Waals surface area contributed by atoms with Crippen molar-refractivity contribution in [1.29, 1.82) is 0 Å². The summed E-state index contributed by atoms with van der Waals surface area (Å²) in [6.45, 7) is 8.52. The molecule has 0 radical (unpaired) electrons. The summed E-state index contributed by atoms with van der Waals surface area (Å²) in [4.78, 5) is 0. The van der Waals surface area contributed by atoms with Gasteiger partial charge in [-0.2, -0.15) is 5.10 Å². The summed E-state index contributed by atoms with van der Waals surface area (Å²) >= 11 is 0. The Labute approximate surface area is 86.5 Å². The fraction of sp³-hybridized carbons (Fsp3) is 0.727. The van der Waals surface area contributed by atoms with Crippen molar-refractivity contribution in [2.45, 2.75) is 33.7 Å². The lowest BCUT2D eigenvalue weighted by molar-refractivity contribution is 0.491. The van der Waals surface area contributed by atoms with Crippen LogP contribution in [0, 0.1) is 12.8 Å². The van der Waals surface area contributed by atoms with Gasteiger partial charge in [-0.25, -0.2) is 0 Å². The normalized spacial score (nSPS) is 13.1. The van der Waals surface area contributed by atoms with E-state index in [0.29, 0.717) is 0 Å². The predicted molar refractivity (Wildman–Crippen MR) is 59.1 cm³/mol. The third-order valence-electron chi connectivity index (χ3n) is 2.59. The number of nitrogens with one attached hydrogen (secondary N) is 1. The number of rotatable bonds is 5. The lowest BCUT2D eigenvalue weighted by Gasteiger charge is -2.09. The molecule has 0 aromatic carbocycles. The minimum Gasteiger partial charge on any atom is -0.311 e. The van der Waals surface area contributed by atoms with Crippen LogP contribution in [0.3, 0.4) is 0 Å². The van der Waals surface area contributed by atoms with E-state index in [-0.39, 0.29) is 0 Å². The zero-order chi connectivity index (χ0) is 10.6. The van der Waals surface area contributed by atoms with Crippen LogP contribution in [0.2, 0.25) is 0 Å². The Morgan fingerprint density at radius 2 is 2.29 bits per heavy atom. The lowest BCUT2D eigenvalue weighted by atomic mass is 10.1. The maximum Gasteiger partial charge on any atom is 0.0597 e. The van der Waals surface area contributed by atoms with Gasteiger partial charge in [-0.3, -0.25) is 4.68 Å². The quantitative estimate of drug-likeness (QED) is 0.777. The number of nitrogens with zero attached hydrogens (tertiary/aromatic N) is 2. The minimum atomic E-state index is 0.754. The van der Waals surface area contributed by atoms with E-state index in [0.717, 1.165) is 24.7 Å². The smallest absolute Gasteiger partial charge is 0.0597 e.